The summed E-state index contributed by atoms with van der Waals surface area (Å²) in [4.78, 5) is 0. The second-order valence-electron chi connectivity index (χ2n) is 4.08. The van der Waals surface area contributed by atoms with E-state index in [0.29, 0.717) is 17.4 Å². The van der Waals surface area contributed by atoms with Crippen LogP contribution in [0.4, 0.5) is 0 Å². The standard InChI is InChI=1S/C14H22ClNO2/c1-4-8-18-10-13(16-5-2)11-6-7-12(15)14(9-11)17-3/h6-7,9,13,16H,4-5,8,10H2,1-3H3. The second kappa shape index (κ2) is 8.35. The van der Waals surface area contributed by atoms with Crippen LogP contribution in [-0.2, 0) is 4.74 Å². The van der Waals surface area contributed by atoms with Crippen LogP contribution in [0.25, 0.3) is 0 Å². The Bertz CT molecular complexity index is 358. The van der Waals surface area contributed by atoms with Crippen molar-refractivity contribution in [2.24, 2.45) is 0 Å². The third-order valence-corrected chi connectivity index (χ3v) is 2.97. The van der Waals surface area contributed by atoms with Gasteiger partial charge < -0.3 is 14.8 Å². The van der Waals surface area contributed by atoms with Gasteiger partial charge in [0.25, 0.3) is 0 Å². The summed E-state index contributed by atoms with van der Waals surface area (Å²) in [5.74, 6) is 0.701. The Kier molecular flexibility index (Phi) is 7.09. The van der Waals surface area contributed by atoms with Crippen molar-refractivity contribution in [3.63, 3.8) is 0 Å². The Labute approximate surface area is 114 Å². The van der Waals surface area contributed by atoms with Crippen molar-refractivity contribution in [1.29, 1.82) is 0 Å². The number of halogens is 1. The van der Waals surface area contributed by atoms with Crippen LogP contribution < -0.4 is 10.1 Å². The van der Waals surface area contributed by atoms with Crippen LogP contribution in [0.2, 0.25) is 5.02 Å². The van der Waals surface area contributed by atoms with Crippen LogP contribution in [0.5, 0.6) is 5.75 Å². The number of ether oxygens (including phenoxy) is 2. The molecule has 0 saturated carbocycles. The van der Waals surface area contributed by atoms with Crippen LogP contribution in [0.15, 0.2) is 18.2 Å². The number of hydrogen-bond acceptors (Lipinski definition) is 3. The fraction of sp³-hybridized carbons (Fsp3) is 0.571. The molecule has 0 aromatic heterocycles. The highest BCUT2D eigenvalue weighted by Crippen LogP contribution is 2.27. The third-order valence-electron chi connectivity index (χ3n) is 2.66. The first-order chi connectivity index (χ1) is 8.72. The monoisotopic (exact) mass is 271 g/mol. The smallest absolute Gasteiger partial charge is 0.137 e. The van der Waals surface area contributed by atoms with E-state index in [1.54, 1.807) is 7.11 Å². The Morgan fingerprint density at radius 2 is 2.11 bits per heavy atom. The SMILES string of the molecule is CCCOCC(NCC)c1ccc(Cl)c(OC)c1. The van der Waals surface area contributed by atoms with Crippen molar-refractivity contribution in [2.45, 2.75) is 26.3 Å². The van der Waals surface area contributed by atoms with Crippen LogP contribution in [0.3, 0.4) is 0 Å². The van der Waals surface area contributed by atoms with E-state index >= 15 is 0 Å². The predicted molar refractivity (Wildman–Crippen MR) is 75.5 cm³/mol. The van der Waals surface area contributed by atoms with Crippen molar-refractivity contribution in [3.05, 3.63) is 28.8 Å². The molecule has 18 heavy (non-hydrogen) atoms. The van der Waals surface area contributed by atoms with E-state index in [9.17, 15) is 0 Å². The summed E-state index contributed by atoms with van der Waals surface area (Å²) in [5.41, 5.74) is 1.13. The number of nitrogens with one attached hydrogen (secondary N) is 1. The van der Waals surface area contributed by atoms with Gasteiger partial charge in [0.2, 0.25) is 0 Å². The van der Waals surface area contributed by atoms with E-state index in [1.807, 2.05) is 18.2 Å². The van der Waals surface area contributed by atoms with Crippen molar-refractivity contribution < 1.29 is 9.47 Å². The molecule has 1 atom stereocenters. The molecule has 0 spiro atoms. The van der Waals surface area contributed by atoms with Gasteiger partial charge in [-0.25, -0.2) is 0 Å². The van der Waals surface area contributed by atoms with Gasteiger partial charge in [0.05, 0.1) is 24.8 Å². The van der Waals surface area contributed by atoms with Crippen LogP contribution in [0, 0.1) is 0 Å². The quantitative estimate of drug-likeness (QED) is 0.735. The zero-order chi connectivity index (χ0) is 13.4. The number of rotatable bonds is 8. The summed E-state index contributed by atoms with van der Waals surface area (Å²) in [6.45, 7) is 6.53. The maximum absolute atomic E-state index is 6.03. The van der Waals surface area contributed by atoms with Crippen LogP contribution in [0.1, 0.15) is 31.9 Å². The Morgan fingerprint density at radius 3 is 2.72 bits per heavy atom. The maximum atomic E-state index is 6.03. The lowest BCUT2D eigenvalue weighted by Gasteiger charge is -2.19. The summed E-state index contributed by atoms with van der Waals surface area (Å²) in [6.07, 6.45) is 1.03. The fourth-order valence-corrected chi connectivity index (χ4v) is 1.95. The van der Waals surface area contributed by atoms with Gasteiger partial charge in [-0.15, -0.1) is 0 Å². The molecule has 0 aliphatic carbocycles. The molecule has 1 rings (SSSR count). The molecule has 0 aliphatic heterocycles. The van der Waals surface area contributed by atoms with Gasteiger partial charge in [0, 0.05) is 6.61 Å². The van der Waals surface area contributed by atoms with E-state index in [2.05, 4.69) is 19.2 Å². The minimum absolute atomic E-state index is 0.174. The lowest BCUT2D eigenvalue weighted by Crippen LogP contribution is -2.25. The third kappa shape index (κ3) is 4.48. The van der Waals surface area contributed by atoms with Gasteiger partial charge >= 0.3 is 0 Å². The maximum Gasteiger partial charge on any atom is 0.137 e. The Morgan fingerprint density at radius 1 is 1.33 bits per heavy atom. The van der Waals surface area contributed by atoms with Gasteiger partial charge in [-0.05, 0) is 30.7 Å². The lowest BCUT2D eigenvalue weighted by molar-refractivity contribution is 0.112. The summed E-state index contributed by atoms with van der Waals surface area (Å²) in [7, 11) is 1.63. The predicted octanol–water partition coefficient (Wildman–Crippen LogP) is 3.43. The molecule has 3 nitrogen and oxygen atoms in total. The second-order valence-corrected chi connectivity index (χ2v) is 4.49. The zero-order valence-corrected chi connectivity index (χ0v) is 12.1. The molecule has 4 heteroatoms. The molecule has 0 aliphatic rings. The Balaban J connectivity index is 2.77. The average molecular weight is 272 g/mol. The highest BCUT2D eigenvalue weighted by atomic mass is 35.5. The fourth-order valence-electron chi connectivity index (χ4n) is 1.76. The normalized spacial score (nSPS) is 12.4. The van der Waals surface area contributed by atoms with Gasteiger partial charge in [-0.3, -0.25) is 0 Å². The first kappa shape index (κ1) is 15.3. The molecule has 1 aromatic rings. The molecule has 1 aromatic carbocycles. The lowest BCUT2D eigenvalue weighted by atomic mass is 10.1. The summed E-state index contributed by atoms with van der Waals surface area (Å²) >= 11 is 6.03. The molecule has 0 bridgehead atoms. The number of hydrogen-bond donors (Lipinski definition) is 1. The molecule has 0 saturated heterocycles. The molecule has 1 N–H and O–H groups in total. The molecule has 0 amide bonds. The molecular formula is C14H22ClNO2. The summed E-state index contributed by atoms with van der Waals surface area (Å²) < 4.78 is 10.9. The van der Waals surface area contributed by atoms with E-state index in [4.69, 9.17) is 21.1 Å². The van der Waals surface area contributed by atoms with Crippen LogP contribution in [-0.4, -0.2) is 26.9 Å². The molecule has 0 fully saturated rings. The summed E-state index contributed by atoms with van der Waals surface area (Å²) in [5, 5.41) is 4.04. The Hall–Kier alpha value is -0.770. The van der Waals surface area contributed by atoms with Crippen molar-refractivity contribution in [3.8, 4) is 5.75 Å². The molecular weight excluding hydrogens is 250 g/mol. The first-order valence-electron chi connectivity index (χ1n) is 6.37. The van der Waals surface area contributed by atoms with Crippen molar-refractivity contribution >= 4 is 11.6 Å². The number of benzene rings is 1. The van der Waals surface area contributed by atoms with Gasteiger partial charge in [0.15, 0.2) is 0 Å². The minimum Gasteiger partial charge on any atom is -0.495 e. The van der Waals surface area contributed by atoms with E-state index in [0.717, 1.165) is 25.1 Å². The minimum atomic E-state index is 0.174. The molecule has 1 unspecified atom stereocenters. The van der Waals surface area contributed by atoms with Gasteiger partial charge in [-0.1, -0.05) is 31.5 Å². The number of methoxy groups -OCH3 is 1. The average Bonchev–Trinajstić information content (AvgIpc) is 2.39. The van der Waals surface area contributed by atoms with E-state index < -0.39 is 0 Å². The highest BCUT2D eigenvalue weighted by molar-refractivity contribution is 6.32. The largest absolute Gasteiger partial charge is 0.495 e. The van der Waals surface area contributed by atoms with Crippen molar-refractivity contribution in [1.82, 2.24) is 5.32 Å². The van der Waals surface area contributed by atoms with Crippen molar-refractivity contribution in [2.75, 3.05) is 26.9 Å². The van der Waals surface area contributed by atoms with Gasteiger partial charge in [0.1, 0.15) is 5.75 Å². The zero-order valence-electron chi connectivity index (χ0n) is 11.3. The topological polar surface area (TPSA) is 30.5 Å². The number of likely N-dealkylation sites (N-methyl/N-ethyl adjacent to an activating group) is 1. The molecule has 0 radical (unpaired) electrons. The van der Waals surface area contributed by atoms with E-state index in [-0.39, 0.29) is 6.04 Å². The van der Waals surface area contributed by atoms with Gasteiger partial charge in [-0.2, -0.15) is 0 Å². The van der Waals surface area contributed by atoms with E-state index in [1.165, 1.54) is 0 Å². The first-order valence-corrected chi connectivity index (χ1v) is 6.75. The molecule has 102 valence electrons. The molecule has 0 heterocycles. The van der Waals surface area contributed by atoms with Crippen LogP contribution >= 0.6 is 11.6 Å². The highest BCUT2D eigenvalue weighted by Gasteiger charge is 2.12. The summed E-state index contributed by atoms with van der Waals surface area (Å²) in [6, 6.07) is 6.01.